The molecule has 1 N–H and O–H groups in total. The normalized spacial score (nSPS) is 17.5. The van der Waals surface area contributed by atoms with E-state index in [4.69, 9.17) is 4.74 Å². The van der Waals surface area contributed by atoms with Crippen molar-refractivity contribution >= 4 is 5.97 Å². The zero-order valence-electron chi connectivity index (χ0n) is 16.6. The first-order valence-electron chi connectivity index (χ1n) is 10.9. The molecule has 1 unspecified atom stereocenters. The molecule has 25 heavy (non-hydrogen) atoms. The van der Waals surface area contributed by atoms with Gasteiger partial charge in [-0.05, 0) is 38.6 Å². The first-order chi connectivity index (χ1) is 12.3. The van der Waals surface area contributed by atoms with E-state index in [1.54, 1.807) is 0 Å². The summed E-state index contributed by atoms with van der Waals surface area (Å²) in [5.74, 6) is -0.0569. The summed E-state index contributed by atoms with van der Waals surface area (Å²) in [5, 5.41) is 3.31. The van der Waals surface area contributed by atoms with Crippen molar-refractivity contribution in [1.82, 2.24) is 5.32 Å². The smallest absolute Gasteiger partial charge is 0.307 e. The van der Waals surface area contributed by atoms with Gasteiger partial charge in [-0.1, -0.05) is 76.9 Å². The molecule has 1 aliphatic rings. The first kappa shape index (κ1) is 22.2. The Morgan fingerprint density at radius 3 is 2.00 bits per heavy atom. The van der Waals surface area contributed by atoms with Crippen molar-refractivity contribution in [3.8, 4) is 0 Å². The quantitative estimate of drug-likeness (QED) is 0.190. The Morgan fingerprint density at radius 2 is 1.44 bits per heavy atom. The Hall–Kier alpha value is -0.830. The third kappa shape index (κ3) is 14.1. The van der Waals surface area contributed by atoms with Crippen molar-refractivity contribution in [1.29, 1.82) is 0 Å². The van der Waals surface area contributed by atoms with Crippen LogP contribution in [0, 0.1) is 0 Å². The summed E-state index contributed by atoms with van der Waals surface area (Å²) in [4.78, 5) is 11.0. The van der Waals surface area contributed by atoms with Gasteiger partial charge >= 0.3 is 5.97 Å². The average molecular weight is 352 g/mol. The molecular weight excluding hydrogens is 310 g/mol. The second-order valence-corrected chi connectivity index (χ2v) is 7.41. The highest BCUT2D eigenvalue weighted by molar-refractivity contribution is 5.71. The van der Waals surface area contributed by atoms with E-state index in [1.165, 1.54) is 89.9 Å². The Balaban J connectivity index is 1.71. The van der Waals surface area contributed by atoms with Crippen LogP contribution in [0.1, 0.15) is 110 Å². The van der Waals surface area contributed by atoms with Crippen LogP contribution in [0.15, 0.2) is 12.2 Å². The van der Waals surface area contributed by atoms with Crippen LogP contribution in [0.5, 0.6) is 0 Å². The molecule has 1 saturated heterocycles. The number of rotatable bonds is 17. The molecule has 1 atom stereocenters. The van der Waals surface area contributed by atoms with Gasteiger partial charge in [-0.2, -0.15) is 0 Å². The van der Waals surface area contributed by atoms with Crippen molar-refractivity contribution in [3.63, 3.8) is 0 Å². The number of allylic oxidation sites excluding steroid dienone is 2. The highest BCUT2D eigenvalue weighted by Gasteiger charge is 2.21. The lowest BCUT2D eigenvalue weighted by Gasteiger charge is -2.10. The highest BCUT2D eigenvalue weighted by atomic mass is 16.6. The first-order valence-corrected chi connectivity index (χ1v) is 10.9. The molecule has 0 saturated carbocycles. The van der Waals surface area contributed by atoms with Gasteiger partial charge in [-0.25, -0.2) is 0 Å². The van der Waals surface area contributed by atoms with Crippen LogP contribution >= 0.6 is 0 Å². The molecule has 1 rings (SSSR count). The van der Waals surface area contributed by atoms with E-state index in [2.05, 4.69) is 24.4 Å². The molecule has 1 heterocycles. The largest absolute Gasteiger partial charge is 0.447 e. The maximum atomic E-state index is 11.0. The van der Waals surface area contributed by atoms with Gasteiger partial charge in [0.05, 0.1) is 6.42 Å². The molecule has 0 radical (unpaired) electrons. The molecule has 3 nitrogen and oxygen atoms in total. The summed E-state index contributed by atoms with van der Waals surface area (Å²) < 4.78 is 5.13. The lowest BCUT2D eigenvalue weighted by atomic mass is 10.1. The lowest BCUT2D eigenvalue weighted by molar-refractivity contribution is -0.142. The molecule has 1 fully saturated rings. The second-order valence-electron chi connectivity index (χ2n) is 7.41. The van der Waals surface area contributed by atoms with Gasteiger partial charge in [0.1, 0.15) is 0 Å². The van der Waals surface area contributed by atoms with Crippen molar-refractivity contribution in [3.05, 3.63) is 12.2 Å². The third-order valence-corrected chi connectivity index (χ3v) is 4.94. The summed E-state index contributed by atoms with van der Waals surface area (Å²) in [6, 6.07) is 0. The predicted molar refractivity (Wildman–Crippen MR) is 107 cm³/mol. The Bertz CT molecular complexity index is 341. The zero-order chi connectivity index (χ0) is 18.0. The van der Waals surface area contributed by atoms with Gasteiger partial charge in [-0.3, -0.25) is 10.1 Å². The molecule has 0 spiro atoms. The summed E-state index contributed by atoms with van der Waals surface area (Å²) in [7, 11) is 0. The van der Waals surface area contributed by atoms with Gasteiger partial charge in [0, 0.05) is 6.42 Å². The second kappa shape index (κ2) is 16.6. The van der Waals surface area contributed by atoms with Crippen LogP contribution in [0.2, 0.25) is 0 Å². The minimum atomic E-state index is -0.0569. The average Bonchev–Trinajstić information content (AvgIpc) is 3.03. The Kier molecular flexibility index (Phi) is 14.8. The highest BCUT2D eigenvalue weighted by Crippen LogP contribution is 2.12. The maximum Gasteiger partial charge on any atom is 0.307 e. The van der Waals surface area contributed by atoms with E-state index in [-0.39, 0.29) is 12.2 Å². The monoisotopic (exact) mass is 351 g/mol. The molecule has 0 aromatic rings. The van der Waals surface area contributed by atoms with Crippen LogP contribution in [-0.4, -0.2) is 18.7 Å². The van der Waals surface area contributed by atoms with Gasteiger partial charge < -0.3 is 4.74 Å². The molecule has 0 bridgehead atoms. The fraction of sp³-hybridized carbons (Fsp3) is 0.864. The van der Waals surface area contributed by atoms with Crippen LogP contribution in [-0.2, 0) is 9.53 Å². The fourth-order valence-corrected chi connectivity index (χ4v) is 3.30. The number of cyclic esters (lactones) is 1. The van der Waals surface area contributed by atoms with E-state index >= 15 is 0 Å². The maximum absolute atomic E-state index is 11.0. The number of carbonyl (C=O) groups excluding carboxylic acids is 1. The third-order valence-electron chi connectivity index (χ3n) is 4.94. The van der Waals surface area contributed by atoms with Crippen LogP contribution in [0.3, 0.4) is 0 Å². The molecular formula is C22H41NO2. The fourth-order valence-electron chi connectivity index (χ4n) is 3.30. The molecule has 0 aliphatic carbocycles. The summed E-state index contributed by atoms with van der Waals surface area (Å²) in [6.45, 7) is 3.25. The van der Waals surface area contributed by atoms with Crippen molar-refractivity contribution in [2.75, 3.05) is 6.54 Å². The molecule has 1 aliphatic heterocycles. The molecule has 0 amide bonds. The van der Waals surface area contributed by atoms with Crippen molar-refractivity contribution in [2.45, 2.75) is 116 Å². The summed E-state index contributed by atoms with van der Waals surface area (Å²) >= 11 is 0. The van der Waals surface area contributed by atoms with E-state index in [1.807, 2.05) is 0 Å². The number of hydrogen-bond acceptors (Lipinski definition) is 3. The number of unbranched alkanes of at least 4 members (excludes halogenated alkanes) is 12. The van der Waals surface area contributed by atoms with E-state index in [9.17, 15) is 4.79 Å². The van der Waals surface area contributed by atoms with Crippen LogP contribution in [0.4, 0.5) is 0 Å². The van der Waals surface area contributed by atoms with Crippen molar-refractivity contribution < 1.29 is 9.53 Å². The minimum Gasteiger partial charge on any atom is -0.447 e. The molecule has 3 heteroatoms. The number of esters is 1. The van der Waals surface area contributed by atoms with Gasteiger partial charge in [-0.15, -0.1) is 0 Å². The number of nitrogens with one attached hydrogen (secondary N) is 1. The van der Waals surface area contributed by atoms with Gasteiger partial charge in [0.15, 0.2) is 6.23 Å². The minimum absolute atomic E-state index is 0.0179. The van der Waals surface area contributed by atoms with Gasteiger partial charge in [0.25, 0.3) is 0 Å². The topological polar surface area (TPSA) is 38.3 Å². The standard InChI is InChI=1S/C22H41NO2/c1-2-3-4-5-6-7-8-9-10-11-12-13-14-15-16-17-20-23-21-18-19-22(24)25-21/h9-10,21,23H,2-8,11-20H2,1H3/b10-9-. The molecule has 0 aromatic heterocycles. The zero-order valence-corrected chi connectivity index (χ0v) is 16.6. The van der Waals surface area contributed by atoms with Crippen molar-refractivity contribution in [2.24, 2.45) is 0 Å². The number of hydrogen-bond donors (Lipinski definition) is 1. The van der Waals surface area contributed by atoms with E-state index in [0.29, 0.717) is 6.42 Å². The number of carbonyl (C=O) groups is 1. The van der Waals surface area contributed by atoms with E-state index in [0.717, 1.165) is 13.0 Å². The Labute approximate surface area is 156 Å². The molecule has 146 valence electrons. The molecule has 0 aromatic carbocycles. The van der Waals surface area contributed by atoms with E-state index < -0.39 is 0 Å². The Morgan fingerprint density at radius 1 is 0.880 bits per heavy atom. The SMILES string of the molecule is CCCCCCCC/C=C\CCCCCCCCNC1CCC(=O)O1. The van der Waals surface area contributed by atoms with Crippen LogP contribution in [0.25, 0.3) is 0 Å². The summed E-state index contributed by atoms with van der Waals surface area (Å²) in [5.41, 5.74) is 0. The summed E-state index contributed by atoms with van der Waals surface area (Å²) in [6.07, 6.45) is 24.9. The lowest BCUT2D eigenvalue weighted by Crippen LogP contribution is -2.29. The van der Waals surface area contributed by atoms with Gasteiger partial charge in [0.2, 0.25) is 0 Å². The predicted octanol–water partition coefficient (Wildman–Crippen LogP) is 6.28. The van der Waals surface area contributed by atoms with Crippen LogP contribution < -0.4 is 5.32 Å². The number of ether oxygens (including phenoxy) is 1.